The van der Waals surface area contributed by atoms with Crippen LogP contribution >= 0.6 is 11.3 Å². The molecule has 2 aromatic heterocycles. The van der Waals surface area contributed by atoms with E-state index in [2.05, 4.69) is 126 Å². The number of fused-ring (bicyclic) bond motifs is 6. The number of hydrogen-bond acceptors (Lipinski definition) is 4. The molecule has 9 aromatic rings. The molecule has 7 aromatic carbocycles. The van der Waals surface area contributed by atoms with E-state index in [-0.39, 0.29) is 0 Å². The molecule has 4 heteroatoms. The molecule has 45 heavy (non-hydrogen) atoms. The van der Waals surface area contributed by atoms with Gasteiger partial charge < -0.3 is 9.32 Å². The second-order valence-electron chi connectivity index (χ2n) is 11.2. The molecular weight excluding hydrogens is 569 g/mol. The number of rotatable bonds is 5. The standard InChI is InChI=1S/C41H26N2OS/c1-3-11-29(12-4-1)41-42-40-35(44-41)26-23-28-13-9-18-34(38(28)40)43(30-14-5-2-6-15-30)31-24-21-27(22-25-31)32-17-10-20-37-39(32)33-16-7-8-19-36(33)45-37/h1-26H. The van der Waals surface area contributed by atoms with Crippen molar-refractivity contribution in [2.45, 2.75) is 0 Å². The van der Waals surface area contributed by atoms with Gasteiger partial charge in [-0.25, -0.2) is 4.98 Å². The molecule has 0 aliphatic heterocycles. The summed E-state index contributed by atoms with van der Waals surface area (Å²) in [6, 6.07) is 55.5. The molecule has 0 radical (unpaired) electrons. The van der Waals surface area contributed by atoms with Crippen molar-refractivity contribution >= 4 is 70.4 Å². The Labute approximate surface area is 264 Å². The fourth-order valence-electron chi connectivity index (χ4n) is 6.44. The van der Waals surface area contributed by atoms with Crippen LogP contribution in [0.4, 0.5) is 17.1 Å². The average molecular weight is 595 g/mol. The SMILES string of the molecule is c1ccc(-c2nc3c(ccc4cccc(N(c5ccccc5)c5ccc(-c6cccc7sc8ccccc8c67)cc5)c43)o2)cc1. The van der Waals surface area contributed by atoms with Crippen molar-refractivity contribution in [2.75, 3.05) is 4.90 Å². The summed E-state index contributed by atoms with van der Waals surface area (Å²) in [6.45, 7) is 0. The first kappa shape index (κ1) is 25.8. The summed E-state index contributed by atoms with van der Waals surface area (Å²) in [6.07, 6.45) is 0. The molecule has 2 heterocycles. The van der Waals surface area contributed by atoms with Crippen LogP contribution in [-0.4, -0.2) is 4.98 Å². The zero-order chi connectivity index (χ0) is 29.7. The minimum Gasteiger partial charge on any atom is -0.436 e. The highest BCUT2D eigenvalue weighted by atomic mass is 32.1. The number of para-hydroxylation sites is 1. The molecule has 212 valence electrons. The van der Waals surface area contributed by atoms with Crippen LogP contribution in [0.15, 0.2) is 162 Å². The molecule has 0 aliphatic carbocycles. The van der Waals surface area contributed by atoms with E-state index in [9.17, 15) is 0 Å². The lowest BCUT2D eigenvalue weighted by Gasteiger charge is -2.27. The molecule has 0 unspecified atom stereocenters. The monoisotopic (exact) mass is 594 g/mol. The Morgan fingerprint density at radius 2 is 1.22 bits per heavy atom. The predicted molar refractivity (Wildman–Crippen MR) is 190 cm³/mol. The normalized spacial score (nSPS) is 11.6. The third-order valence-corrected chi connectivity index (χ3v) is 9.63. The highest BCUT2D eigenvalue weighted by molar-refractivity contribution is 7.25. The molecule has 0 atom stereocenters. The van der Waals surface area contributed by atoms with E-state index in [4.69, 9.17) is 9.40 Å². The Morgan fingerprint density at radius 3 is 2.07 bits per heavy atom. The van der Waals surface area contributed by atoms with Gasteiger partial charge in [-0.2, -0.15) is 0 Å². The Morgan fingerprint density at radius 1 is 0.511 bits per heavy atom. The Kier molecular flexibility index (Phi) is 6.00. The van der Waals surface area contributed by atoms with Gasteiger partial charge in [0, 0.05) is 42.5 Å². The van der Waals surface area contributed by atoms with Gasteiger partial charge in [0.2, 0.25) is 5.89 Å². The Hall–Kier alpha value is -5.71. The van der Waals surface area contributed by atoms with Crippen LogP contribution in [0.2, 0.25) is 0 Å². The second kappa shape index (κ2) is 10.5. The maximum atomic E-state index is 6.30. The van der Waals surface area contributed by atoms with Crippen LogP contribution < -0.4 is 4.90 Å². The fourth-order valence-corrected chi connectivity index (χ4v) is 7.58. The van der Waals surface area contributed by atoms with E-state index in [1.165, 1.54) is 31.3 Å². The fraction of sp³-hybridized carbons (Fsp3) is 0. The Bertz CT molecular complexity index is 2480. The van der Waals surface area contributed by atoms with Gasteiger partial charge >= 0.3 is 0 Å². The summed E-state index contributed by atoms with van der Waals surface area (Å²) in [5.41, 5.74) is 8.25. The number of benzene rings is 7. The van der Waals surface area contributed by atoms with E-state index in [0.717, 1.165) is 44.5 Å². The first-order valence-corrected chi connectivity index (χ1v) is 15.9. The zero-order valence-corrected chi connectivity index (χ0v) is 25.0. The molecule has 0 spiro atoms. The van der Waals surface area contributed by atoms with Gasteiger partial charge in [0.25, 0.3) is 0 Å². The average Bonchev–Trinajstić information content (AvgIpc) is 3.72. The third kappa shape index (κ3) is 4.30. The van der Waals surface area contributed by atoms with Gasteiger partial charge in [-0.05, 0) is 77.2 Å². The van der Waals surface area contributed by atoms with Gasteiger partial charge in [-0.15, -0.1) is 11.3 Å². The van der Waals surface area contributed by atoms with Gasteiger partial charge in [0.1, 0.15) is 5.52 Å². The molecule has 0 fully saturated rings. The maximum absolute atomic E-state index is 6.30. The first-order valence-electron chi connectivity index (χ1n) is 15.1. The van der Waals surface area contributed by atoms with Crippen LogP contribution in [0, 0.1) is 0 Å². The quantitative estimate of drug-likeness (QED) is 0.198. The number of nitrogens with zero attached hydrogens (tertiary/aromatic N) is 2. The zero-order valence-electron chi connectivity index (χ0n) is 24.2. The van der Waals surface area contributed by atoms with Crippen molar-refractivity contribution in [3.63, 3.8) is 0 Å². The van der Waals surface area contributed by atoms with Crippen molar-refractivity contribution in [3.05, 3.63) is 158 Å². The van der Waals surface area contributed by atoms with Gasteiger partial charge in [0.15, 0.2) is 5.58 Å². The lowest BCUT2D eigenvalue weighted by Crippen LogP contribution is -2.10. The van der Waals surface area contributed by atoms with Gasteiger partial charge in [-0.1, -0.05) is 97.1 Å². The first-order chi connectivity index (χ1) is 22.3. The number of aromatic nitrogens is 1. The molecule has 0 saturated heterocycles. The smallest absolute Gasteiger partial charge is 0.227 e. The van der Waals surface area contributed by atoms with Crippen LogP contribution in [-0.2, 0) is 0 Å². The molecule has 3 nitrogen and oxygen atoms in total. The third-order valence-electron chi connectivity index (χ3n) is 8.49. The summed E-state index contributed by atoms with van der Waals surface area (Å²) in [7, 11) is 0. The van der Waals surface area contributed by atoms with Crippen molar-refractivity contribution in [1.82, 2.24) is 4.98 Å². The van der Waals surface area contributed by atoms with E-state index in [1.54, 1.807) is 0 Å². The van der Waals surface area contributed by atoms with Crippen LogP contribution in [0.5, 0.6) is 0 Å². The van der Waals surface area contributed by atoms with Crippen molar-refractivity contribution < 1.29 is 4.42 Å². The lowest BCUT2D eigenvalue weighted by molar-refractivity contribution is 0.620. The van der Waals surface area contributed by atoms with Crippen LogP contribution in [0.1, 0.15) is 0 Å². The van der Waals surface area contributed by atoms with Gasteiger partial charge in [-0.3, -0.25) is 0 Å². The molecule has 0 N–H and O–H groups in total. The van der Waals surface area contributed by atoms with Crippen LogP contribution in [0.3, 0.4) is 0 Å². The van der Waals surface area contributed by atoms with Crippen molar-refractivity contribution in [2.24, 2.45) is 0 Å². The summed E-state index contributed by atoms with van der Waals surface area (Å²) in [5.74, 6) is 0.624. The second-order valence-corrected chi connectivity index (χ2v) is 12.3. The molecule has 9 rings (SSSR count). The summed E-state index contributed by atoms with van der Waals surface area (Å²) in [4.78, 5) is 7.37. The van der Waals surface area contributed by atoms with E-state index < -0.39 is 0 Å². The lowest BCUT2D eigenvalue weighted by atomic mass is 9.99. The topological polar surface area (TPSA) is 29.3 Å². The maximum Gasteiger partial charge on any atom is 0.227 e. The number of oxazole rings is 1. The minimum absolute atomic E-state index is 0.624. The summed E-state index contributed by atoms with van der Waals surface area (Å²) in [5, 5.41) is 4.80. The molecule has 0 bridgehead atoms. The number of hydrogen-bond donors (Lipinski definition) is 0. The van der Waals surface area contributed by atoms with Crippen LogP contribution in [0.25, 0.3) is 64.6 Å². The number of anilines is 3. The molecule has 0 saturated carbocycles. The summed E-state index contributed by atoms with van der Waals surface area (Å²) >= 11 is 1.85. The summed E-state index contributed by atoms with van der Waals surface area (Å²) < 4.78 is 8.93. The van der Waals surface area contributed by atoms with E-state index in [0.29, 0.717) is 5.89 Å². The molecular formula is C41H26N2OS. The highest BCUT2D eigenvalue weighted by Crippen LogP contribution is 2.44. The van der Waals surface area contributed by atoms with Crippen molar-refractivity contribution in [1.29, 1.82) is 0 Å². The predicted octanol–water partition coefficient (Wildman–Crippen LogP) is 12.2. The highest BCUT2D eigenvalue weighted by Gasteiger charge is 2.20. The largest absolute Gasteiger partial charge is 0.436 e. The number of thiophene rings is 1. The van der Waals surface area contributed by atoms with Gasteiger partial charge in [0.05, 0.1) is 5.69 Å². The van der Waals surface area contributed by atoms with Crippen molar-refractivity contribution in [3.8, 4) is 22.6 Å². The van der Waals surface area contributed by atoms with E-state index in [1.807, 2.05) is 47.7 Å². The molecule has 0 aliphatic rings. The minimum atomic E-state index is 0.624. The van der Waals surface area contributed by atoms with E-state index >= 15 is 0 Å². The Balaban J connectivity index is 1.22. The molecule has 0 amide bonds.